The second-order valence-corrected chi connectivity index (χ2v) is 6.06. The van der Waals surface area contributed by atoms with Gasteiger partial charge in [-0.15, -0.1) is 0 Å². The number of nitrogens with one attached hydrogen (secondary N) is 1. The van der Waals surface area contributed by atoms with Crippen LogP contribution in [0, 0.1) is 0 Å². The van der Waals surface area contributed by atoms with Crippen molar-refractivity contribution in [2.45, 2.75) is 25.8 Å². The van der Waals surface area contributed by atoms with Gasteiger partial charge >= 0.3 is 5.97 Å². The van der Waals surface area contributed by atoms with Gasteiger partial charge < -0.3 is 14.8 Å². The molecule has 0 atom stereocenters. The van der Waals surface area contributed by atoms with Gasteiger partial charge in [-0.3, -0.25) is 9.78 Å². The molecule has 1 aromatic heterocycles. The van der Waals surface area contributed by atoms with Gasteiger partial charge in [0.25, 0.3) is 5.91 Å². The smallest absolute Gasteiger partial charge is 0.340 e. The minimum absolute atomic E-state index is 0.102. The molecule has 1 aromatic carbocycles. The van der Waals surface area contributed by atoms with E-state index >= 15 is 0 Å². The van der Waals surface area contributed by atoms with E-state index < -0.39 is 5.97 Å². The van der Waals surface area contributed by atoms with Gasteiger partial charge in [0, 0.05) is 36.6 Å². The maximum Gasteiger partial charge on any atom is 0.340 e. The molecular weight excluding hydrogens is 332 g/mol. The molecule has 6 heteroatoms. The molecule has 1 aliphatic heterocycles. The van der Waals surface area contributed by atoms with Gasteiger partial charge in [0.05, 0.1) is 17.9 Å². The monoisotopic (exact) mass is 354 g/mol. The minimum atomic E-state index is -0.406. The summed E-state index contributed by atoms with van der Waals surface area (Å²) < 4.78 is 10.4. The quantitative estimate of drug-likeness (QED) is 0.836. The average Bonchev–Trinajstić information content (AvgIpc) is 2.69. The van der Waals surface area contributed by atoms with Crippen molar-refractivity contribution < 1.29 is 19.1 Å². The summed E-state index contributed by atoms with van der Waals surface area (Å²) >= 11 is 0. The zero-order valence-corrected chi connectivity index (χ0v) is 14.7. The third-order valence-electron chi connectivity index (χ3n) is 4.28. The molecule has 0 radical (unpaired) electrons. The average molecular weight is 354 g/mol. The molecule has 3 rings (SSSR count). The Morgan fingerprint density at radius 1 is 1.19 bits per heavy atom. The SMILES string of the molecule is CCOC(=O)c1cccnc1-c1ccc(C(=O)NC2CCOCC2)cc1. The first kappa shape index (κ1) is 18.1. The number of hydrogen-bond donors (Lipinski definition) is 1. The Morgan fingerprint density at radius 2 is 1.92 bits per heavy atom. The molecule has 6 nitrogen and oxygen atoms in total. The molecule has 0 saturated carbocycles. The normalized spacial score (nSPS) is 14.7. The predicted octanol–water partition coefficient (Wildman–Crippen LogP) is 2.83. The van der Waals surface area contributed by atoms with Crippen molar-refractivity contribution in [1.82, 2.24) is 10.3 Å². The Bertz CT molecular complexity index is 768. The molecule has 1 N–H and O–H groups in total. The van der Waals surface area contributed by atoms with Crippen LogP contribution in [0.2, 0.25) is 0 Å². The highest BCUT2D eigenvalue weighted by Gasteiger charge is 2.18. The second kappa shape index (κ2) is 8.58. The molecule has 1 aliphatic rings. The Morgan fingerprint density at radius 3 is 2.62 bits per heavy atom. The number of carbonyl (C=O) groups is 2. The van der Waals surface area contributed by atoms with Crippen LogP contribution in [0.15, 0.2) is 42.6 Å². The van der Waals surface area contributed by atoms with Crippen LogP contribution in [0.3, 0.4) is 0 Å². The van der Waals surface area contributed by atoms with Gasteiger partial charge in [0.1, 0.15) is 0 Å². The van der Waals surface area contributed by atoms with Crippen LogP contribution in [0.5, 0.6) is 0 Å². The van der Waals surface area contributed by atoms with Crippen molar-refractivity contribution in [1.29, 1.82) is 0 Å². The lowest BCUT2D eigenvalue weighted by Gasteiger charge is -2.23. The number of amides is 1. The Balaban J connectivity index is 1.75. The van der Waals surface area contributed by atoms with E-state index in [-0.39, 0.29) is 11.9 Å². The molecule has 1 amide bonds. The summed E-state index contributed by atoms with van der Waals surface area (Å²) in [4.78, 5) is 28.8. The lowest BCUT2D eigenvalue weighted by molar-refractivity contribution is 0.0526. The minimum Gasteiger partial charge on any atom is -0.462 e. The standard InChI is InChI=1S/C20H22N2O4/c1-2-26-20(24)17-4-3-11-21-18(17)14-5-7-15(8-6-14)19(23)22-16-9-12-25-13-10-16/h3-8,11,16H,2,9-10,12-13H2,1H3,(H,22,23). The number of aromatic nitrogens is 1. The Kier molecular flexibility index (Phi) is 5.96. The molecule has 0 spiro atoms. The van der Waals surface area contributed by atoms with Crippen LogP contribution >= 0.6 is 0 Å². The molecule has 0 unspecified atom stereocenters. The summed E-state index contributed by atoms with van der Waals surface area (Å²) in [7, 11) is 0. The first-order valence-electron chi connectivity index (χ1n) is 8.80. The van der Waals surface area contributed by atoms with Crippen molar-refractivity contribution in [2.24, 2.45) is 0 Å². The van der Waals surface area contributed by atoms with E-state index in [0.29, 0.717) is 36.6 Å². The van der Waals surface area contributed by atoms with Gasteiger partial charge in [-0.2, -0.15) is 0 Å². The number of nitrogens with zero attached hydrogens (tertiary/aromatic N) is 1. The van der Waals surface area contributed by atoms with E-state index in [1.807, 2.05) is 0 Å². The highest BCUT2D eigenvalue weighted by Crippen LogP contribution is 2.22. The van der Waals surface area contributed by atoms with E-state index in [9.17, 15) is 9.59 Å². The summed E-state index contributed by atoms with van der Waals surface area (Å²) in [6, 6.07) is 10.6. The highest BCUT2D eigenvalue weighted by atomic mass is 16.5. The molecule has 136 valence electrons. The first-order chi connectivity index (χ1) is 12.7. The van der Waals surface area contributed by atoms with Crippen molar-refractivity contribution in [3.8, 4) is 11.3 Å². The third-order valence-corrected chi connectivity index (χ3v) is 4.28. The molecule has 0 aliphatic carbocycles. The summed E-state index contributed by atoms with van der Waals surface area (Å²) in [5, 5.41) is 3.03. The number of pyridine rings is 1. The maximum absolute atomic E-state index is 12.4. The van der Waals surface area contributed by atoms with Crippen LogP contribution in [-0.4, -0.2) is 42.7 Å². The predicted molar refractivity (Wildman–Crippen MR) is 96.9 cm³/mol. The summed E-state index contributed by atoms with van der Waals surface area (Å²) in [5.41, 5.74) is 2.29. The summed E-state index contributed by atoms with van der Waals surface area (Å²) in [6.07, 6.45) is 3.30. The van der Waals surface area contributed by atoms with Gasteiger partial charge in [-0.1, -0.05) is 12.1 Å². The fourth-order valence-corrected chi connectivity index (χ4v) is 2.90. The lowest BCUT2D eigenvalue weighted by atomic mass is 10.0. The summed E-state index contributed by atoms with van der Waals surface area (Å²) in [6.45, 7) is 3.43. The molecular formula is C20H22N2O4. The van der Waals surface area contributed by atoms with Gasteiger partial charge in [0.2, 0.25) is 0 Å². The number of carbonyl (C=O) groups excluding carboxylic acids is 2. The van der Waals surface area contributed by atoms with Crippen LogP contribution in [0.25, 0.3) is 11.3 Å². The lowest BCUT2D eigenvalue weighted by Crippen LogP contribution is -2.38. The first-order valence-corrected chi connectivity index (χ1v) is 8.80. The molecule has 2 aromatic rings. The molecule has 1 saturated heterocycles. The van der Waals surface area contributed by atoms with Crippen LogP contribution in [-0.2, 0) is 9.47 Å². The van der Waals surface area contributed by atoms with Gasteiger partial charge in [0.15, 0.2) is 0 Å². The van der Waals surface area contributed by atoms with E-state index in [1.54, 1.807) is 49.5 Å². The zero-order chi connectivity index (χ0) is 18.4. The summed E-state index contributed by atoms with van der Waals surface area (Å²) in [5.74, 6) is -0.507. The van der Waals surface area contributed by atoms with Crippen molar-refractivity contribution in [3.63, 3.8) is 0 Å². The second-order valence-electron chi connectivity index (χ2n) is 6.06. The molecule has 1 fully saturated rings. The Hall–Kier alpha value is -2.73. The van der Waals surface area contributed by atoms with E-state index in [4.69, 9.17) is 9.47 Å². The van der Waals surface area contributed by atoms with Crippen molar-refractivity contribution in [2.75, 3.05) is 19.8 Å². The maximum atomic E-state index is 12.4. The fourth-order valence-electron chi connectivity index (χ4n) is 2.90. The van der Waals surface area contributed by atoms with E-state index in [1.165, 1.54) is 0 Å². The van der Waals surface area contributed by atoms with Crippen molar-refractivity contribution in [3.05, 3.63) is 53.7 Å². The fraction of sp³-hybridized carbons (Fsp3) is 0.350. The molecule has 2 heterocycles. The third kappa shape index (κ3) is 4.26. The van der Waals surface area contributed by atoms with E-state index in [0.717, 1.165) is 18.4 Å². The van der Waals surface area contributed by atoms with Crippen LogP contribution in [0.4, 0.5) is 0 Å². The zero-order valence-electron chi connectivity index (χ0n) is 14.7. The number of ether oxygens (including phenoxy) is 2. The number of rotatable bonds is 5. The molecule has 0 bridgehead atoms. The van der Waals surface area contributed by atoms with Crippen molar-refractivity contribution >= 4 is 11.9 Å². The van der Waals surface area contributed by atoms with E-state index in [2.05, 4.69) is 10.3 Å². The van der Waals surface area contributed by atoms with Crippen LogP contribution < -0.4 is 5.32 Å². The largest absolute Gasteiger partial charge is 0.462 e. The number of benzene rings is 1. The number of hydrogen-bond acceptors (Lipinski definition) is 5. The topological polar surface area (TPSA) is 77.5 Å². The highest BCUT2D eigenvalue weighted by molar-refractivity contribution is 5.97. The van der Waals surface area contributed by atoms with Gasteiger partial charge in [-0.25, -0.2) is 4.79 Å². The molecule has 26 heavy (non-hydrogen) atoms. The Labute approximate surface area is 152 Å². The number of esters is 1. The van der Waals surface area contributed by atoms with Crippen LogP contribution in [0.1, 0.15) is 40.5 Å². The van der Waals surface area contributed by atoms with Gasteiger partial charge in [-0.05, 0) is 44.0 Å².